The Kier molecular flexibility index (Phi) is 3.32. The van der Waals surface area contributed by atoms with E-state index in [9.17, 15) is 9.90 Å². The van der Waals surface area contributed by atoms with Crippen LogP contribution in [-0.2, 0) is 10.2 Å². The largest absolute Gasteiger partial charge is 0.508 e. The van der Waals surface area contributed by atoms with Gasteiger partial charge in [0.05, 0.1) is 5.56 Å². The maximum Gasteiger partial charge on any atom is 0.338 e. The third-order valence-electron chi connectivity index (χ3n) is 5.65. The number of hydrogen-bond donors (Lipinski definition) is 1. The summed E-state index contributed by atoms with van der Waals surface area (Å²) < 4.78 is 5.89. The molecule has 22 heavy (non-hydrogen) atoms. The van der Waals surface area contributed by atoms with Crippen molar-refractivity contribution in [2.24, 2.45) is 5.41 Å². The minimum Gasteiger partial charge on any atom is -0.508 e. The third kappa shape index (κ3) is 2.05. The highest BCUT2D eigenvalue weighted by atomic mass is 16.5. The Bertz CT molecular complexity index is 630. The number of ether oxygens (including phenoxy) is 1. The normalized spacial score (nSPS) is 29.7. The first-order valence-electron chi connectivity index (χ1n) is 8.25. The van der Waals surface area contributed by atoms with Crippen molar-refractivity contribution in [2.75, 3.05) is 0 Å². The molecule has 3 heteroatoms. The molecule has 1 saturated carbocycles. The second-order valence-corrected chi connectivity index (χ2v) is 8.16. The molecule has 2 atom stereocenters. The number of carbonyl (C=O) groups excluding carboxylic acids is 1. The van der Waals surface area contributed by atoms with Crippen LogP contribution in [0.1, 0.15) is 81.3 Å². The number of fused-ring (bicyclic) bond motifs is 3. The Morgan fingerprint density at radius 2 is 1.91 bits per heavy atom. The lowest BCUT2D eigenvalue weighted by atomic mass is 9.57. The predicted molar refractivity (Wildman–Crippen MR) is 86.4 cm³/mol. The zero-order chi connectivity index (χ0) is 16.3. The SMILES string of the molecule is CC(C)c1cc2c(cc1O)[C@@]1(C)CCCC(C)(C)[C@H]1OC2=O. The Morgan fingerprint density at radius 3 is 2.55 bits per heavy atom. The number of phenolic OH excluding ortho intramolecular Hbond substituents is 1. The Labute approximate surface area is 132 Å². The molecular weight excluding hydrogens is 276 g/mol. The molecule has 3 rings (SSSR count). The lowest BCUT2D eigenvalue weighted by molar-refractivity contribution is -0.0742. The van der Waals surface area contributed by atoms with Gasteiger partial charge < -0.3 is 9.84 Å². The monoisotopic (exact) mass is 302 g/mol. The van der Waals surface area contributed by atoms with Crippen LogP contribution in [0.3, 0.4) is 0 Å². The van der Waals surface area contributed by atoms with Crippen molar-refractivity contribution >= 4 is 5.97 Å². The number of phenols is 1. The summed E-state index contributed by atoms with van der Waals surface area (Å²) in [5, 5.41) is 10.4. The zero-order valence-corrected chi connectivity index (χ0v) is 14.2. The molecule has 1 aromatic rings. The summed E-state index contributed by atoms with van der Waals surface area (Å²) in [7, 11) is 0. The minimum absolute atomic E-state index is 0.0350. The van der Waals surface area contributed by atoms with Crippen molar-refractivity contribution in [3.63, 3.8) is 0 Å². The van der Waals surface area contributed by atoms with Crippen molar-refractivity contribution in [2.45, 2.75) is 71.3 Å². The first-order chi connectivity index (χ1) is 10.2. The summed E-state index contributed by atoms with van der Waals surface area (Å²) in [5.74, 6) is 0.229. The fourth-order valence-electron chi connectivity index (χ4n) is 4.48. The van der Waals surface area contributed by atoms with E-state index in [0.717, 1.165) is 30.4 Å². The van der Waals surface area contributed by atoms with E-state index >= 15 is 0 Å². The summed E-state index contributed by atoms with van der Waals surface area (Å²) in [5.41, 5.74) is 2.17. The molecule has 0 saturated heterocycles. The van der Waals surface area contributed by atoms with Gasteiger partial charge in [0.15, 0.2) is 0 Å². The highest BCUT2D eigenvalue weighted by Crippen LogP contribution is 2.53. The van der Waals surface area contributed by atoms with E-state index in [0.29, 0.717) is 11.3 Å². The highest BCUT2D eigenvalue weighted by molar-refractivity contribution is 5.94. The van der Waals surface area contributed by atoms with Crippen LogP contribution in [0, 0.1) is 5.41 Å². The van der Waals surface area contributed by atoms with Gasteiger partial charge in [-0.15, -0.1) is 0 Å². The topological polar surface area (TPSA) is 46.5 Å². The number of hydrogen-bond acceptors (Lipinski definition) is 3. The quantitative estimate of drug-likeness (QED) is 0.776. The van der Waals surface area contributed by atoms with E-state index in [1.54, 1.807) is 0 Å². The van der Waals surface area contributed by atoms with Crippen LogP contribution >= 0.6 is 0 Å². The average Bonchev–Trinajstić information content (AvgIpc) is 2.41. The van der Waals surface area contributed by atoms with Crippen LogP contribution in [-0.4, -0.2) is 17.2 Å². The second kappa shape index (κ2) is 4.74. The average molecular weight is 302 g/mol. The molecule has 1 N–H and O–H groups in total. The number of esters is 1. The summed E-state index contributed by atoms with van der Waals surface area (Å²) in [6.07, 6.45) is 3.04. The number of carbonyl (C=O) groups is 1. The van der Waals surface area contributed by atoms with Crippen LogP contribution in [0.4, 0.5) is 0 Å². The summed E-state index contributed by atoms with van der Waals surface area (Å²) >= 11 is 0. The van der Waals surface area contributed by atoms with Gasteiger partial charge in [-0.1, -0.05) is 41.0 Å². The first-order valence-corrected chi connectivity index (χ1v) is 8.25. The zero-order valence-electron chi connectivity index (χ0n) is 14.2. The molecule has 0 radical (unpaired) electrons. The molecule has 0 aromatic heterocycles. The van der Waals surface area contributed by atoms with Crippen LogP contribution in [0.25, 0.3) is 0 Å². The summed E-state index contributed by atoms with van der Waals surface area (Å²) in [4.78, 5) is 12.6. The van der Waals surface area contributed by atoms with Crippen LogP contribution in [0.15, 0.2) is 12.1 Å². The van der Waals surface area contributed by atoms with Crippen LogP contribution in [0.2, 0.25) is 0 Å². The number of rotatable bonds is 1. The van der Waals surface area contributed by atoms with Crippen molar-refractivity contribution in [1.82, 2.24) is 0 Å². The van der Waals surface area contributed by atoms with Gasteiger partial charge in [-0.2, -0.15) is 0 Å². The molecule has 2 aliphatic rings. The van der Waals surface area contributed by atoms with E-state index in [-0.39, 0.29) is 28.8 Å². The Morgan fingerprint density at radius 1 is 1.23 bits per heavy atom. The van der Waals surface area contributed by atoms with Gasteiger partial charge in [-0.25, -0.2) is 4.79 Å². The summed E-state index contributed by atoms with van der Waals surface area (Å²) in [6.45, 7) is 10.6. The highest BCUT2D eigenvalue weighted by Gasteiger charge is 2.54. The van der Waals surface area contributed by atoms with Crippen LogP contribution in [0.5, 0.6) is 5.75 Å². The molecule has 1 aliphatic carbocycles. The standard InChI is InChI=1S/C19H26O3/c1-11(2)12-9-13-14(10-15(12)20)19(5)8-6-7-18(3,4)17(19)22-16(13)21/h9-11,17,20H,6-8H2,1-5H3/t17-,19-/m1/s1. The van der Waals surface area contributed by atoms with Gasteiger partial charge in [-0.3, -0.25) is 0 Å². The summed E-state index contributed by atoms with van der Waals surface area (Å²) in [6, 6.07) is 3.65. The molecule has 1 fully saturated rings. The van der Waals surface area contributed by atoms with Gasteiger partial charge >= 0.3 is 5.97 Å². The smallest absolute Gasteiger partial charge is 0.338 e. The van der Waals surface area contributed by atoms with E-state index in [1.807, 2.05) is 26.0 Å². The maximum atomic E-state index is 12.6. The van der Waals surface area contributed by atoms with E-state index in [1.165, 1.54) is 0 Å². The van der Waals surface area contributed by atoms with E-state index in [2.05, 4.69) is 20.8 Å². The second-order valence-electron chi connectivity index (χ2n) is 8.16. The number of benzene rings is 1. The lowest BCUT2D eigenvalue weighted by Gasteiger charge is -2.52. The van der Waals surface area contributed by atoms with E-state index in [4.69, 9.17) is 4.74 Å². The molecule has 120 valence electrons. The molecule has 1 aromatic carbocycles. The number of aromatic hydroxyl groups is 1. The van der Waals surface area contributed by atoms with Gasteiger partial charge in [-0.05, 0) is 42.0 Å². The molecule has 3 nitrogen and oxygen atoms in total. The fourth-order valence-corrected chi connectivity index (χ4v) is 4.48. The lowest BCUT2D eigenvalue weighted by Crippen LogP contribution is -2.55. The first kappa shape index (κ1) is 15.4. The van der Waals surface area contributed by atoms with Crippen molar-refractivity contribution < 1.29 is 14.6 Å². The fraction of sp³-hybridized carbons (Fsp3) is 0.632. The van der Waals surface area contributed by atoms with Gasteiger partial charge in [0.2, 0.25) is 0 Å². The Balaban J connectivity index is 2.20. The Hall–Kier alpha value is -1.51. The molecule has 0 amide bonds. The molecule has 1 heterocycles. The van der Waals surface area contributed by atoms with Crippen molar-refractivity contribution in [3.05, 3.63) is 28.8 Å². The van der Waals surface area contributed by atoms with Gasteiger partial charge in [0, 0.05) is 10.8 Å². The molecule has 0 spiro atoms. The van der Waals surface area contributed by atoms with E-state index < -0.39 is 0 Å². The van der Waals surface area contributed by atoms with Crippen molar-refractivity contribution in [1.29, 1.82) is 0 Å². The van der Waals surface area contributed by atoms with Crippen molar-refractivity contribution in [3.8, 4) is 5.75 Å². The molecule has 1 aliphatic heterocycles. The molecular formula is C19H26O3. The maximum absolute atomic E-state index is 12.6. The predicted octanol–water partition coefficient (Wildman–Crippen LogP) is 4.52. The van der Waals surface area contributed by atoms with Gasteiger partial charge in [0.1, 0.15) is 11.9 Å². The van der Waals surface area contributed by atoms with Crippen LogP contribution < -0.4 is 0 Å². The minimum atomic E-state index is -0.241. The molecule has 0 unspecified atom stereocenters. The third-order valence-corrected chi connectivity index (χ3v) is 5.65. The van der Waals surface area contributed by atoms with Gasteiger partial charge in [0.25, 0.3) is 0 Å². The molecule has 0 bridgehead atoms.